The van der Waals surface area contributed by atoms with E-state index in [1.54, 1.807) is 0 Å². The number of rotatable bonds is 4. The van der Waals surface area contributed by atoms with Gasteiger partial charge >= 0.3 is 0 Å². The van der Waals surface area contributed by atoms with E-state index in [-0.39, 0.29) is 0 Å². The van der Waals surface area contributed by atoms with E-state index in [1.807, 2.05) is 19.3 Å². The molecule has 1 aromatic heterocycles. The van der Waals surface area contributed by atoms with Crippen LogP contribution in [-0.4, -0.2) is 41.1 Å². The zero-order valence-electron chi connectivity index (χ0n) is 10.1. The SMILES string of the molecule is Cc1cnc(N2CCC(OCCBr)CC2)nc1. The standard InChI is InChI=1S/C12H18BrN3O/c1-10-8-14-12(15-9-10)16-5-2-11(3-6-16)17-7-4-13/h8-9,11H,2-7H2,1H3. The first-order valence-corrected chi connectivity index (χ1v) is 7.13. The van der Waals surface area contributed by atoms with Gasteiger partial charge in [0.25, 0.3) is 0 Å². The van der Waals surface area contributed by atoms with E-state index in [2.05, 4.69) is 30.8 Å². The van der Waals surface area contributed by atoms with Gasteiger partial charge in [0.2, 0.25) is 5.95 Å². The number of hydrogen-bond donors (Lipinski definition) is 0. The fourth-order valence-corrected chi connectivity index (χ4v) is 2.17. The summed E-state index contributed by atoms with van der Waals surface area (Å²) in [6, 6.07) is 0. The van der Waals surface area contributed by atoms with Crippen LogP contribution >= 0.6 is 15.9 Å². The number of halogens is 1. The third-order valence-corrected chi connectivity index (χ3v) is 3.25. The smallest absolute Gasteiger partial charge is 0.225 e. The van der Waals surface area contributed by atoms with Crippen LogP contribution < -0.4 is 4.90 Å². The molecule has 0 bridgehead atoms. The Balaban J connectivity index is 1.84. The Morgan fingerprint density at radius 3 is 2.59 bits per heavy atom. The Bertz CT molecular complexity index is 336. The third kappa shape index (κ3) is 3.64. The normalized spacial score (nSPS) is 17.4. The van der Waals surface area contributed by atoms with Crippen LogP contribution in [0.2, 0.25) is 0 Å². The van der Waals surface area contributed by atoms with E-state index in [0.717, 1.165) is 49.4 Å². The summed E-state index contributed by atoms with van der Waals surface area (Å²) in [5, 5.41) is 0.911. The molecule has 2 rings (SSSR count). The van der Waals surface area contributed by atoms with Crippen LogP contribution in [0.1, 0.15) is 18.4 Å². The molecular weight excluding hydrogens is 282 g/mol. The monoisotopic (exact) mass is 299 g/mol. The van der Waals surface area contributed by atoms with Crippen LogP contribution in [0.25, 0.3) is 0 Å². The number of hydrogen-bond acceptors (Lipinski definition) is 4. The molecule has 0 aliphatic carbocycles. The Morgan fingerprint density at radius 2 is 2.00 bits per heavy atom. The van der Waals surface area contributed by atoms with Gasteiger partial charge in [0.05, 0.1) is 12.7 Å². The molecule has 1 fully saturated rings. The molecule has 0 N–H and O–H groups in total. The average Bonchev–Trinajstić information content (AvgIpc) is 2.38. The van der Waals surface area contributed by atoms with Gasteiger partial charge < -0.3 is 9.64 Å². The van der Waals surface area contributed by atoms with E-state index in [4.69, 9.17) is 4.74 Å². The molecule has 1 aromatic rings. The van der Waals surface area contributed by atoms with Crippen molar-refractivity contribution in [1.29, 1.82) is 0 Å². The maximum Gasteiger partial charge on any atom is 0.225 e. The lowest BCUT2D eigenvalue weighted by molar-refractivity contribution is 0.0479. The van der Waals surface area contributed by atoms with Crippen molar-refractivity contribution in [3.8, 4) is 0 Å². The lowest BCUT2D eigenvalue weighted by Crippen LogP contribution is -2.38. The Kier molecular flexibility index (Phi) is 4.74. The van der Waals surface area contributed by atoms with Crippen LogP contribution in [0.5, 0.6) is 0 Å². The van der Waals surface area contributed by atoms with E-state index in [1.165, 1.54) is 0 Å². The quantitative estimate of drug-likeness (QED) is 0.799. The number of aromatic nitrogens is 2. The first-order chi connectivity index (χ1) is 8.29. The minimum atomic E-state index is 0.397. The predicted molar refractivity (Wildman–Crippen MR) is 71.8 cm³/mol. The molecule has 2 heterocycles. The Labute approximate surface area is 111 Å². The van der Waals surface area contributed by atoms with Gasteiger partial charge in [-0.3, -0.25) is 0 Å². The van der Waals surface area contributed by atoms with Crippen molar-refractivity contribution in [2.24, 2.45) is 0 Å². The summed E-state index contributed by atoms with van der Waals surface area (Å²) >= 11 is 3.38. The summed E-state index contributed by atoms with van der Waals surface area (Å²) in [7, 11) is 0. The maximum atomic E-state index is 5.72. The number of ether oxygens (including phenoxy) is 1. The van der Waals surface area contributed by atoms with Crippen LogP contribution in [0.15, 0.2) is 12.4 Å². The molecule has 4 nitrogen and oxygen atoms in total. The van der Waals surface area contributed by atoms with Gasteiger partial charge in [0, 0.05) is 30.8 Å². The van der Waals surface area contributed by atoms with E-state index >= 15 is 0 Å². The molecule has 1 saturated heterocycles. The maximum absolute atomic E-state index is 5.72. The number of aryl methyl sites for hydroxylation is 1. The highest BCUT2D eigenvalue weighted by atomic mass is 79.9. The second-order valence-electron chi connectivity index (χ2n) is 4.31. The Hall–Kier alpha value is -0.680. The summed E-state index contributed by atoms with van der Waals surface area (Å²) in [6.07, 6.45) is 6.26. The number of anilines is 1. The summed E-state index contributed by atoms with van der Waals surface area (Å²) in [5.41, 5.74) is 1.10. The molecule has 0 unspecified atom stereocenters. The minimum absolute atomic E-state index is 0.397. The van der Waals surface area contributed by atoms with Crippen molar-refractivity contribution in [3.05, 3.63) is 18.0 Å². The summed E-state index contributed by atoms with van der Waals surface area (Å²) in [6.45, 7) is 4.77. The first-order valence-electron chi connectivity index (χ1n) is 6.01. The fourth-order valence-electron chi connectivity index (χ4n) is 1.98. The van der Waals surface area contributed by atoms with E-state index < -0.39 is 0 Å². The van der Waals surface area contributed by atoms with E-state index in [9.17, 15) is 0 Å². The summed E-state index contributed by atoms with van der Waals surface area (Å²) < 4.78 is 5.72. The average molecular weight is 300 g/mol. The summed E-state index contributed by atoms with van der Waals surface area (Å²) in [4.78, 5) is 10.9. The van der Waals surface area contributed by atoms with Crippen LogP contribution in [-0.2, 0) is 4.74 Å². The number of alkyl halides is 1. The van der Waals surface area contributed by atoms with Crippen LogP contribution in [0.4, 0.5) is 5.95 Å². The van der Waals surface area contributed by atoms with Gasteiger partial charge in [-0.05, 0) is 25.3 Å². The van der Waals surface area contributed by atoms with Gasteiger partial charge in [-0.15, -0.1) is 0 Å². The van der Waals surface area contributed by atoms with Gasteiger partial charge in [-0.1, -0.05) is 15.9 Å². The van der Waals surface area contributed by atoms with Gasteiger partial charge in [-0.25, -0.2) is 9.97 Å². The molecule has 0 radical (unpaired) electrons. The molecular formula is C12H18BrN3O. The third-order valence-electron chi connectivity index (χ3n) is 2.92. The largest absolute Gasteiger partial charge is 0.377 e. The zero-order chi connectivity index (χ0) is 12.1. The van der Waals surface area contributed by atoms with Gasteiger partial charge in [0.15, 0.2) is 0 Å². The van der Waals surface area contributed by atoms with Gasteiger partial charge in [-0.2, -0.15) is 0 Å². The molecule has 94 valence electrons. The van der Waals surface area contributed by atoms with E-state index in [0.29, 0.717) is 6.10 Å². The predicted octanol–water partition coefficient (Wildman–Crippen LogP) is 2.17. The van der Waals surface area contributed by atoms with Gasteiger partial charge in [0.1, 0.15) is 0 Å². The van der Waals surface area contributed by atoms with Crippen molar-refractivity contribution in [2.45, 2.75) is 25.9 Å². The topological polar surface area (TPSA) is 38.2 Å². The highest BCUT2D eigenvalue weighted by molar-refractivity contribution is 9.09. The first kappa shape index (κ1) is 12.8. The Morgan fingerprint density at radius 1 is 1.35 bits per heavy atom. The second-order valence-corrected chi connectivity index (χ2v) is 5.10. The molecule has 0 aromatic carbocycles. The molecule has 17 heavy (non-hydrogen) atoms. The van der Waals surface area contributed by atoms with Crippen molar-refractivity contribution in [2.75, 3.05) is 29.9 Å². The highest BCUT2D eigenvalue weighted by Crippen LogP contribution is 2.17. The second kappa shape index (κ2) is 6.31. The molecule has 1 aliphatic rings. The number of piperidine rings is 1. The molecule has 0 atom stereocenters. The van der Waals surface area contributed by atoms with Crippen LogP contribution in [0.3, 0.4) is 0 Å². The minimum Gasteiger partial charge on any atom is -0.377 e. The summed E-state index contributed by atoms with van der Waals surface area (Å²) in [5.74, 6) is 0.842. The molecule has 0 spiro atoms. The zero-order valence-corrected chi connectivity index (χ0v) is 11.7. The molecule has 0 amide bonds. The fraction of sp³-hybridized carbons (Fsp3) is 0.667. The van der Waals surface area contributed by atoms with Crippen molar-refractivity contribution in [3.63, 3.8) is 0 Å². The highest BCUT2D eigenvalue weighted by Gasteiger charge is 2.20. The number of nitrogens with zero attached hydrogens (tertiary/aromatic N) is 3. The lowest BCUT2D eigenvalue weighted by Gasteiger charge is -2.31. The van der Waals surface area contributed by atoms with Crippen molar-refractivity contribution < 1.29 is 4.74 Å². The molecule has 0 saturated carbocycles. The van der Waals surface area contributed by atoms with Crippen LogP contribution in [0, 0.1) is 6.92 Å². The van der Waals surface area contributed by atoms with Crippen molar-refractivity contribution >= 4 is 21.9 Å². The lowest BCUT2D eigenvalue weighted by atomic mass is 10.1. The molecule has 5 heteroatoms. The van der Waals surface area contributed by atoms with Crippen molar-refractivity contribution in [1.82, 2.24) is 9.97 Å². The molecule has 1 aliphatic heterocycles.